The molecule has 0 radical (unpaired) electrons. The third-order valence-corrected chi connectivity index (χ3v) is 1.97. The summed E-state index contributed by atoms with van der Waals surface area (Å²) in [4.78, 5) is 4.22. The Labute approximate surface area is 79.8 Å². The number of nitrogens with zero attached hydrogens (tertiary/aromatic N) is 1. The average molecular weight is 195 g/mol. The van der Waals surface area contributed by atoms with Crippen molar-refractivity contribution in [3.63, 3.8) is 0 Å². The Balaban J connectivity index is 2.49. The zero-order valence-corrected chi connectivity index (χ0v) is 7.46. The van der Waals surface area contributed by atoms with Gasteiger partial charge in [0.25, 0.3) is 0 Å². The maximum Gasteiger partial charge on any atom is 0.225 e. The Morgan fingerprint density at radius 3 is 2.85 bits per heavy atom. The highest BCUT2D eigenvalue weighted by atomic mass is 32.1. The monoisotopic (exact) mass is 195 g/mol. The number of hydrogen-bond acceptors (Lipinski definition) is 3. The number of halogens is 1. The van der Waals surface area contributed by atoms with E-state index in [0.29, 0.717) is 5.89 Å². The first kappa shape index (κ1) is 8.31. The molecule has 0 bridgehead atoms. The van der Waals surface area contributed by atoms with Crippen LogP contribution in [0.2, 0.25) is 0 Å². The van der Waals surface area contributed by atoms with Gasteiger partial charge in [-0.15, -0.1) is 12.6 Å². The van der Waals surface area contributed by atoms with Crippen LogP contribution in [-0.2, 0) is 0 Å². The minimum atomic E-state index is -0.348. The van der Waals surface area contributed by atoms with Gasteiger partial charge in [0.1, 0.15) is 12.1 Å². The smallest absolute Gasteiger partial charge is 0.225 e. The first-order valence-corrected chi connectivity index (χ1v) is 4.10. The van der Waals surface area contributed by atoms with Crippen molar-refractivity contribution in [3.05, 3.63) is 36.5 Å². The third-order valence-electron chi connectivity index (χ3n) is 1.63. The lowest BCUT2D eigenvalue weighted by molar-refractivity contribution is 0.572. The molecule has 0 unspecified atom stereocenters. The summed E-state index contributed by atoms with van der Waals surface area (Å²) in [7, 11) is 0. The molecule has 2 nitrogen and oxygen atoms in total. The number of aromatic nitrogens is 1. The molecule has 1 aromatic heterocycles. The Morgan fingerprint density at radius 2 is 2.23 bits per heavy atom. The zero-order chi connectivity index (χ0) is 9.26. The van der Waals surface area contributed by atoms with Crippen LogP contribution in [0.5, 0.6) is 0 Å². The molecule has 0 saturated heterocycles. The fourth-order valence-electron chi connectivity index (χ4n) is 1.01. The summed E-state index contributed by atoms with van der Waals surface area (Å²) in [5.74, 6) is 0.119. The predicted octanol–water partition coefficient (Wildman–Crippen LogP) is 2.77. The molecule has 2 aromatic rings. The molecule has 0 aliphatic rings. The van der Waals surface area contributed by atoms with Gasteiger partial charge < -0.3 is 4.42 Å². The average Bonchev–Trinajstić information content (AvgIpc) is 2.62. The van der Waals surface area contributed by atoms with Gasteiger partial charge in [-0.25, -0.2) is 9.37 Å². The molecule has 0 spiro atoms. The van der Waals surface area contributed by atoms with Gasteiger partial charge in [0, 0.05) is 10.5 Å². The van der Waals surface area contributed by atoms with Crippen LogP contribution in [0, 0.1) is 5.82 Å². The maximum atomic E-state index is 12.8. The second-order valence-corrected chi connectivity index (χ2v) is 2.99. The topological polar surface area (TPSA) is 26.0 Å². The molecule has 0 fully saturated rings. The molecule has 0 aliphatic heterocycles. The Morgan fingerprint density at radius 1 is 1.38 bits per heavy atom. The summed E-state index contributed by atoms with van der Waals surface area (Å²) < 4.78 is 17.9. The van der Waals surface area contributed by atoms with Crippen molar-refractivity contribution in [3.8, 4) is 11.5 Å². The van der Waals surface area contributed by atoms with Gasteiger partial charge in [-0.3, -0.25) is 0 Å². The molecule has 0 amide bonds. The van der Waals surface area contributed by atoms with Crippen molar-refractivity contribution in [2.75, 3.05) is 0 Å². The summed E-state index contributed by atoms with van der Waals surface area (Å²) in [5, 5.41) is 0. The predicted molar refractivity (Wildman–Crippen MR) is 49.1 cm³/mol. The summed E-state index contributed by atoms with van der Waals surface area (Å²) in [6.07, 6.45) is 3.01. The van der Waals surface area contributed by atoms with Gasteiger partial charge in [-0.2, -0.15) is 0 Å². The van der Waals surface area contributed by atoms with Crippen LogP contribution in [0.4, 0.5) is 4.39 Å². The summed E-state index contributed by atoms with van der Waals surface area (Å²) >= 11 is 3.95. The van der Waals surface area contributed by atoms with Crippen LogP contribution in [0.15, 0.2) is 40.0 Å². The molecule has 66 valence electrons. The fraction of sp³-hybridized carbons (Fsp3) is 0. The van der Waals surface area contributed by atoms with E-state index >= 15 is 0 Å². The second-order valence-electron chi connectivity index (χ2n) is 2.50. The first-order valence-electron chi connectivity index (χ1n) is 3.66. The number of thiol groups is 1. The van der Waals surface area contributed by atoms with Gasteiger partial charge in [-0.1, -0.05) is 0 Å². The van der Waals surface area contributed by atoms with E-state index in [-0.39, 0.29) is 10.7 Å². The summed E-state index contributed by atoms with van der Waals surface area (Å²) in [6, 6.07) is 4.51. The highest BCUT2D eigenvalue weighted by molar-refractivity contribution is 7.80. The molecule has 0 N–H and O–H groups in total. The lowest BCUT2D eigenvalue weighted by Crippen LogP contribution is -1.81. The Bertz CT molecular complexity index is 414. The van der Waals surface area contributed by atoms with E-state index in [2.05, 4.69) is 17.6 Å². The molecule has 0 saturated carbocycles. The normalized spacial score (nSPS) is 10.3. The molecule has 4 heteroatoms. The highest BCUT2D eigenvalue weighted by Crippen LogP contribution is 2.22. The van der Waals surface area contributed by atoms with E-state index in [0.717, 1.165) is 5.56 Å². The number of hydrogen-bond donors (Lipinski definition) is 1. The van der Waals surface area contributed by atoms with Gasteiger partial charge >= 0.3 is 0 Å². The van der Waals surface area contributed by atoms with Crippen molar-refractivity contribution in [1.29, 1.82) is 0 Å². The molecular weight excluding hydrogens is 189 g/mol. The quantitative estimate of drug-likeness (QED) is 0.708. The number of benzene rings is 1. The van der Waals surface area contributed by atoms with Crippen LogP contribution >= 0.6 is 12.6 Å². The molecular formula is C9H6FNOS. The van der Waals surface area contributed by atoms with Crippen LogP contribution in [0.1, 0.15) is 0 Å². The second kappa shape index (κ2) is 3.22. The van der Waals surface area contributed by atoms with Crippen LogP contribution in [-0.4, -0.2) is 4.98 Å². The van der Waals surface area contributed by atoms with E-state index in [1.54, 1.807) is 12.1 Å². The van der Waals surface area contributed by atoms with Crippen molar-refractivity contribution in [2.45, 2.75) is 4.90 Å². The van der Waals surface area contributed by atoms with Gasteiger partial charge in [0.05, 0.1) is 6.20 Å². The molecule has 13 heavy (non-hydrogen) atoms. The first-order chi connectivity index (χ1) is 6.27. The van der Waals surface area contributed by atoms with Gasteiger partial charge in [0.15, 0.2) is 0 Å². The highest BCUT2D eigenvalue weighted by Gasteiger charge is 2.04. The van der Waals surface area contributed by atoms with Gasteiger partial charge in [0.2, 0.25) is 5.89 Å². The molecule has 1 aromatic carbocycles. The minimum absolute atomic E-state index is 0.288. The lowest BCUT2D eigenvalue weighted by atomic mass is 10.2. The van der Waals surface area contributed by atoms with E-state index in [1.807, 2.05) is 0 Å². The largest absolute Gasteiger partial charge is 0.445 e. The van der Waals surface area contributed by atoms with Gasteiger partial charge in [-0.05, 0) is 18.2 Å². The number of oxazole rings is 1. The third kappa shape index (κ3) is 1.58. The van der Waals surface area contributed by atoms with Crippen LogP contribution < -0.4 is 0 Å². The van der Waals surface area contributed by atoms with E-state index in [4.69, 9.17) is 4.42 Å². The Kier molecular flexibility index (Phi) is 2.06. The van der Waals surface area contributed by atoms with E-state index < -0.39 is 0 Å². The van der Waals surface area contributed by atoms with Crippen LogP contribution in [0.3, 0.4) is 0 Å². The van der Waals surface area contributed by atoms with Crippen molar-refractivity contribution >= 4 is 12.6 Å². The number of rotatable bonds is 1. The summed E-state index contributed by atoms with van der Waals surface area (Å²) in [6.45, 7) is 0. The summed E-state index contributed by atoms with van der Waals surface area (Å²) in [5.41, 5.74) is 0.719. The van der Waals surface area contributed by atoms with Crippen molar-refractivity contribution in [1.82, 2.24) is 4.98 Å². The fourth-order valence-corrected chi connectivity index (χ4v) is 1.23. The minimum Gasteiger partial charge on any atom is -0.445 e. The van der Waals surface area contributed by atoms with Crippen molar-refractivity contribution < 1.29 is 8.81 Å². The zero-order valence-electron chi connectivity index (χ0n) is 6.57. The Hall–Kier alpha value is -1.29. The maximum absolute atomic E-state index is 12.8. The standard InChI is InChI=1S/C9H6FNOS/c10-7-2-1-6(5-8(7)13)9-11-3-4-12-9/h1-5,13H. The van der Waals surface area contributed by atoms with E-state index in [1.165, 1.54) is 18.5 Å². The molecule has 0 aliphatic carbocycles. The molecule has 0 atom stereocenters. The van der Waals surface area contributed by atoms with E-state index in [9.17, 15) is 4.39 Å². The van der Waals surface area contributed by atoms with Crippen LogP contribution in [0.25, 0.3) is 11.5 Å². The molecule has 2 rings (SSSR count). The molecule has 1 heterocycles. The lowest BCUT2D eigenvalue weighted by Gasteiger charge is -1.97. The SMILES string of the molecule is Fc1ccc(-c2ncco2)cc1S. The van der Waals surface area contributed by atoms with Crippen molar-refractivity contribution in [2.24, 2.45) is 0 Å².